The van der Waals surface area contributed by atoms with Crippen LogP contribution in [0.25, 0.3) is 0 Å². The molecule has 2 unspecified atom stereocenters. The third kappa shape index (κ3) is 2.68. The van der Waals surface area contributed by atoms with Gasteiger partial charge in [0.25, 0.3) is 0 Å². The summed E-state index contributed by atoms with van der Waals surface area (Å²) in [4.78, 5) is 24.2. The maximum atomic E-state index is 10.9. The summed E-state index contributed by atoms with van der Waals surface area (Å²) in [5.74, 6) is 0.856. The highest BCUT2D eigenvalue weighted by Gasteiger charge is 2.29. The fraction of sp³-hybridized carbons (Fsp3) is 0.600. The average Bonchev–Trinajstić information content (AvgIpc) is 2.39. The third-order valence-electron chi connectivity index (χ3n) is 3.06. The molecule has 0 spiro atoms. The van der Waals surface area contributed by atoms with Crippen molar-refractivity contribution < 1.29 is 9.90 Å². The van der Waals surface area contributed by atoms with Crippen molar-refractivity contribution in [3.05, 3.63) is 18.5 Å². The monoisotopic (exact) mass is 237 g/mol. The molecule has 0 saturated carbocycles. The van der Waals surface area contributed by atoms with E-state index in [0.29, 0.717) is 6.54 Å². The van der Waals surface area contributed by atoms with Gasteiger partial charge in [-0.2, -0.15) is 0 Å². The third-order valence-corrected chi connectivity index (χ3v) is 3.06. The Morgan fingerprint density at radius 3 is 2.82 bits per heavy atom. The predicted molar refractivity (Wildman–Crippen MR) is 59.6 cm³/mol. The van der Waals surface area contributed by atoms with Crippen LogP contribution in [0.15, 0.2) is 12.7 Å². The molecule has 1 aromatic heterocycles. The van der Waals surface area contributed by atoms with E-state index in [9.17, 15) is 4.79 Å². The van der Waals surface area contributed by atoms with Crippen molar-refractivity contribution in [3.63, 3.8) is 0 Å². The first kappa shape index (κ1) is 11.7. The average molecular weight is 237 g/mol. The zero-order valence-electron chi connectivity index (χ0n) is 9.58. The van der Waals surface area contributed by atoms with Crippen LogP contribution in [0, 0.1) is 0 Å². The molecule has 1 fully saturated rings. The van der Waals surface area contributed by atoms with E-state index in [1.54, 1.807) is 7.05 Å². The Hall–Kier alpha value is -1.76. The number of hydrogen-bond acceptors (Lipinski definition) is 5. The van der Waals surface area contributed by atoms with Crippen molar-refractivity contribution in [2.75, 3.05) is 20.1 Å². The molecular weight excluding hydrogens is 222 g/mol. The van der Waals surface area contributed by atoms with Gasteiger partial charge in [0.05, 0.1) is 0 Å². The first-order valence-corrected chi connectivity index (χ1v) is 5.47. The number of piperidine rings is 1. The molecule has 7 nitrogen and oxygen atoms in total. The van der Waals surface area contributed by atoms with E-state index >= 15 is 0 Å². The van der Waals surface area contributed by atoms with Gasteiger partial charge in [-0.3, -0.25) is 0 Å². The van der Waals surface area contributed by atoms with Gasteiger partial charge in [0, 0.05) is 32.1 Å². The van der Waals surface area contributed by atoms with E-state index in [2.05, 4.69) is 20.3 Å². The number of likely N-dealkylation sites (N-methyl/N-ethyl adjacent to an activating group) is 1. The van der Waals surface area contributed by atoms with Gasteiger partial charge in [0.15, 0.2) is 0 Å². The minimum Gasteiger partial charge on any atom is -0.465 e. The van der Waals surface area contributed by atoms with Crippen LogP contribution in [-0.2, 0) is 0 Å². The molecule has 2 heterocycles. The summed E-state index contributed by atoms with van der Waals surface area (Å²) in [5, 5.41) is 12.2. The van der Waals surface area contributed by atoms with E-state index in [0.717, 1.165) is 18.8 Å². The largest absolute Gasteiger partial charge is 0.465 e. The van der Waals surface area contributed by atoms with Crippen LogP contribution in [0.4, 0.5) is 4.79 Å². The van der Waals surface area contributed by atoms with Gasteiger partial charge in [-0.05, 0) is 6.42 Å². The molecule has 2 rings (SSSR count). The first-order chi connectivity index (χ1) is 8.18. The molecular formula is C10H15N5O2. The number of carbonyl (C=O) groups is 1. The SMILES string of the molecule is CN(C(=O)O)C1CNCC(c2ncncn2)C1. The fourth-order valence-electron chi connectivity index (χ4n) is 2.03. The molecule has 1 aliphatic rings. The van der Waals surface area contributed by atoms with Gasteiger partial charge in [-0.25, -0.2) is 19.7 Å². The summed E-state index contributed by atoms with van der Waals surface area (Å²) in [6, 6.07) is -0.0389. The number of rotatable bonds is 2. The lowest BCUT2D eigenvalue weighted by Gasteiger charge is -2.33. The van der Waals surface area contributed by atoms with Crippen molar-refractivity contribution in [2.24, 2.45) is 0 Å². The van der Waals surface area contributed by atoms with Crippen LogP contribution in [0.3, 0.4) is 0 Å². The Morgan fingerprint density at radius 2 is 2.18 bits per heavy atom. The highest BCUT2D eigenvalue weighted by molar-refractivity contribution is 5.65. The maximum Gasteiger partial charge on any atom is 0.407 e. The second-order valence-electron chi connectivity index (χ2n) is 4.13. The Morgan fingerprint density at radius 1 is 1.47 bits per heavy atom. The minimum absolute atomic E-state index is 0.0389. The molecule has 2 atom stereocenters. The Labute approximate surface area is 98.9 Å². The Balaban J connectivity index is 2.05. The zero-order chi connectivity index (χ0) is 12.3. The lowest BCUT2D eigenvalue weighted by molar-refractivity contribution is 0.126. The van der Waals surface area contributed by atoms with Crippen LogP contribution >= 0.6 is 0 Å². The van der Waals surface area contributed by atoms with E-state index in [1.807, 2.05) is 0 Å². The second kappa shape index (κ2) is 5.05. The van der Waals surface area contributed by atoms with Crippen molar-refractivity contribution in [1.82, 2.24) is 25.2 Å². The molecule has 17 heavy (non-hydrogen) atoms. The van der Waals surface area contributed by atoms with Crippen molar-refractivity contribution in [1.29, 1.82) is 0 Å². The van der Waals surface area contributed by atoms with Crippen molar-refractivity contribution in [3.8, 4) is 0 Å². The standard InChI is InChI=1S/C10H15N5O2/c1-15(10(16)17)8-2-7(3-11-4-8)9-13-5-12-6-14-9/h5-8,11H,2-4H2,1H3,(H,16,17). The van der Waals surface area contributed by atoms with Crippen LogP contribution in [-0.4, -0.2) is 57.2 Å². The summed E-state index contributed by atoms with van der Waals surface area (Å²) in [6.07, 6.45) is 2.76. The van der Waals surface area contributed by atoms with Crippen LogP contribution in [0.2, 0.25) is 0 Å². The predicted octanol–water partition coefficient (Wildman–Crippen LogP) is -0.0731. The van der Waals surface area contributed by atoms with Gasteiger partial charge in [0.1, 0.15) is 18.5 Å². The van der Waals surface area contributed by atoms with Crippen molar-refractivity contribution >= 4 is 6.09 Å². The summed E-state index contributed by atoms with van der Waals surface area (Å²) < 4.78 is 0. The normalized spacial score (nSPS) is 24.3. The molecule has 0 bridgehead atoms. The number of nitrogens with zero attached hydrogens (tertiary/aromatic N) is 4. The van der Waals surface area contributed by atoms with E-state index in [1.165, 1.54) is 17.6 Å². The minimum atomic E-state index is -0.909. The van der Waals surface area contributed by atoms with Gasteiger partial charge < -0.3 is 15.3 Å². The van der Waals surface area contributed by atoms with E-state index < -0.39 is 6.09 Å². The number of carboxylic acid groups (broad SMARTS) is 1. The van der Waals surface area contributed by atoms with E-state index in [4.69, 9.17) is 5.11 Å². The summed E-state index contributed by atoms with van der Waals surface area (Å²) in [5.41, 5.74) is 0. The van der Waals surface area contributed by atoms with Gasteiger partial charge in [0.2, 0.25) is 0 Å². The van der Waals surface area contributed by atoms with Gasteiger partial charge in [-0.15, -0.1) is 0 Å². The Kier molecular flexibility index (Phi) is 3.48. The van der Waals surface area contributed by atoms with Crippen LogP contribution in [0.5, 0.6) is 0 Å². The van der Waals surface area contributed by atoms with Crippen molar-refractivity contribution in [2.45, 2.75) is 18.4 Å². The zero-order valence-corrected chi connectivity index (χ0v) is 9.58. The molecule has 92 valence electrons. The quantitative estimate of drug-likeness (QED) is 0.748. The Bertz CT molecular complexity index is 386. The highest BCUT2D eigenvalue weighted by Crippen LogP contribution is 2.22. The van der Waals surface area contributed by atoms with Gasteiger partial charge >= 0.3 is 6.09 Å². The molecule has 1 aliphatic heterocycles. The summed E-state index contributed by atoms with van der Waals surface area (Å²) >= 11 is 0. The summed E-state index contributed by atoms with van der Waals surface area (Å²) in [6.45, 7) is 1.44. The molecule has 0 aliphatic carbocycles. The lowest BCUT2D eigenvalue weighted by Crippen LogP contribution is -2.48. The number of hydrogen-bond donors (Lipinski definition) is 2. The molecule has 1 aromatic rings. The topological polar surface area (TPSA) is 91.2 Å². The molecule has 2 N–H and O–H groups in total. The highest BCUT2D eigenvalue weighted by atomic mass is 16.4. The first-order valence-electron chi connectivity index (χ1n) is 5.47. The number of nitrogens with one attached hydrogen (secondary N) is 1. The summed E-state index contributed by atoms with van der Waals surface area (Å²) in [7, 11) is 1.59. The second-order valence-corrected chi connectivity index (χ2v) is 4.13. The molecule has 0 radical (unpaired) electrons. The lowest BCUT2D eigenvalue weighted by atomic mass is 9.94. The van der Waals surface area contributed by atoms with Crippen LogP contribution in [0.1, 0.15) is 18.2 Å². The number of amides is 1. The van der Waals surface area contributed by atoms with Crippen LogP contribution < -0.4 is 5.32 Å². The molecule has 0 aromatic carbocycles. The van der Waals surface area contributed by atoms with E-state index in [-0.39, 0.29) is 12.0 Å². The maximum absolute atomic E-state index is 10.9. The number of aromatic nitrogens is 3. The molecule has 7 heteroatoms. The fourth-order valence-corrected chi connectivity index (χ4v) is 2.03. The molecule has 1 amide bonds. The van der Waals surface area contributed by atoms with Gasteiger partial charge in [-0.1, -0.05) is 0 Å². The smallest absolute Gasteiger partial charge is 0.407 e. The molecule has 1 saturated heterocycles.